The summed E-state index contributed by atoms with van der Waals surface area (Å²) in [6.07, 6.45) is 0. The van der Waals surface area contributed by atoms with E-state index in [-0.39, 0.29) is 5.41 Å². The van der Waals surface area contributed by atoms with Crippen LogP contribution in [-0.2, 0) is 5.41 Å². The van der Waals surface area contributed by atoms with Gasteiger partial charge in [-0.25, -0.2) is 4.98 Å². The van der Waals surface area contributed by atoms with Crippen LogP contribution < -0.4 is 9.47 Å². The lowest BCUT2D eigenvalue weighted by molar-refractivity contribution is 0.355. The van der Waals surface area contributed by atoms with Crippen molar-refractivity contribution >= 4 is 12.2 Å². The maximum atomic E-state index is 5.33. The third-order valence-electron chi connectivity index (χ3n) is 3.21. The first-order valence-electron chi connectivity index (χ1n) is 6.69. The highest BCUT2D eigenvalue weighted by atomic mass is 32.1. The Balaban J connectivity index is 2.57. The van der Waals surface area contributed by atoms with E-state index in [4.69, 9.17) is 21.7 Å². The molecule has 0 atom stereocenters. The molecule has 5 heteroatoms. The van der Waals surface area contributed by atoms with Gasteiger partial charge in [0.1, 0.15) is 10.5 Å². The monoisotopic (exact) mass is 304 g/mol. The summed E-state index contributed by atoms with van der Waals surface area (Å²) in [7, 11) is 3.23. The number of benzene rings is 1. The first kappa shape index (κ1) is 15.5. The molecule has 0 saturated carbocycles. The van der Waals surface area contributed by atoms with Crippen LogP contribution in [0.3, 0.4) is 0 Å². The van der Waals surface area contributed by atoms with E-state index in [1.54, 1.807) is 14.2 Å². The molecule has 0 aliphatic carbocycles. The first-order chi connectivity index (χ1) is 9.85. The second kappa shape index (κ2) is 5.85. The number of ether oxygens (including phenoxy) is 2. The highest BCUT2D eigenvalue weighted by Crippen LogP contribution is 2.31. The quantitative estimate of drug-likeness (QED) is 0.866. The van der Waals surface area contributed by atoms with E-state index in [9.17, 15) is 0 Å². The number of aromatic amines is 1. The molecule has 0 aliphatic heterocycles. The molecular formula is C16H20N2O2S. The zero-order valence-electron chi connectivity index (χ0n) is 13.0. The fraction of sp³-hybridized carbons (Fsp3) is 0.375. The van der Waals surface area contributed by atoms with Gasteiger partial charge in [0.15, 0.2) is 11.5 Å². The van der Waals surface area contributed by atoms with Gasteiger partial charge in [0.05, 0.1) is 14.2 Å². The van der Waals surface area contributed by atoms with Crippen molar-refractivity contribution in [3.05, 3.63) is 34.6 Å². The van der Waals surface area contributed by atoms with Gasteiger partial charge in [-0.05, 0) is 24.3 Å². The van der Waals surface area contributed by atoms with Crippen LogP contribution in [0.5, 0.6) is 11.5 Å². The number of H-pyrrole nitrogens is 1. The van der Waals surface area contributed by atoms with Gasteiger partial charge in [0.25, 0.3) is 0 Å². The summed E-state index contributed by atoms with van der Waals surface area (Å²) >= 11 is 5.28. The average Bonchev–Trinajstić information content (AvgIpc) is 2.45. The molecule has 0 amide bonds. The van der Waals surface area contributed by atoms with E-state index in [2.05, 4.69) is 30.7 Å². The van der Waals surface area contributed by atoms with E-state index < -0.39 is 0 Å². The lowest BCUT2D eigenvalue weighted by Crippen LogP contribution is -2.14. The molecule has 1 N–H and O–H groups in total. The summed E-state index contributed by atoms with van der Waals surface area (Å²) < 4.78 is 11.2. The number of rotatable bonds is 3. The van der Waals surface area contributed by atoms with Crippen LogP contribution in [0.1, 0.15) is 26.5 Å². The Kier molecular flexibility index (Phi) is 4.32. The summed E-state index contributed by atoms with van der Waals surface area (Å²) in [5, 5.41) is 0. The molecule has 2 aromatic rings. The molecular weight excluding hydrogens is 284 g/mol. The maximum absolute atomic E-state index is 5.33. The van der Waals surface area contributed by atoms with Gasteiger partial charge in [-0.3, -0.25) is 0 Å². The summed E-state index contributed by atoms with van der Waals surface area (Å²) in [5.74, 6) is 2.08. The summed E-state index contributed by atoms with van der Waals surface area (Å²) in [6.45, 7) is 6.39. The van der Waals surface area contributed by atoms with Crippen LogP contribution in [0, 0.1) is 4.64 Å². The number of hydrogen-bond acceptors (Lipinski definition) is 4. The second-order valence-corrected chi connectivity index (χ2v) is 6.22. The van der Waals surface area contributed by atoms with Crippen molar-refractivity contribution < 1.29 is 9.47 Å². The van der Waals surface area contributed by atoms with E-state index in [1.807, 2.05) is 24.3 Å². The van der Waals surface area contributed by atoms with Crippen molar-refractivity contribution in [3.63, 3.8) is 0 Å². The van der Waals surface area contributed by atoms with Gasteiger partial charge >= 0.3 is 0 Å². The molecule has 2 rings (SSSR count). The van der Waals surface area contributed by atoms with Gasteiger partial charge in [-0.15, -0.1) is 0 Å². The largest absolute Gasteiger partial charge is 0.493 e. The number of aromatic nitrogens is 2. The average molecular weight is 304 g/mol. The highest BCUT2D eigenvalue weighted by Gasteiger charge is 2.16. The fourth-order valence-corrected chi connectivity index (χ4v) is 2.19. The van der Waals surface area contributed by atoms with Gasteiger partial charge in [0, 0.05) is 16.7 Å². The van der Waals surface area contributed by atoms with Crippen LogP contribution in [0.2, 0.25) is 0 Å². The Hall–Kier alpha value is -1.88. The fourth-order valence-electron chi connectivity index (χ4n) is 1.98. The standard InChI is InChI=1S/C16H20N2O2S/c1-16(2,3)13-9-14(21)18-15(17-13)10-6-7-11(19-4)12(8-10)20-5/h6-9H,1-5H3,(H,17,18,21). The lowest BCUT2D eigenvalue weighted by atomic mass is 9.92. The van der Waals surface area contributed by atoms with Crippen LogP contribution in [0.25, 0.3) is 11.4 Å². The highest BCUT2D eigenvalue weighted by molar-refractivity contribution is 7.71. The number of nitrogens with one attached hydrogen (secondary N) is 1. The molecule has 21 heavy (non-hydrogen) atoms. The van der Waals surface area contributed by atoms with Crippen LogP contribution in [0.15, 0.2) is 24.3 Å². The van der Waals surface area contributed by atoms with Gasteiger partial charge in [-0.1, -0.05) is 33.0 Å². The molecule has 0 spiro atoms. The number of nitrogens with zero attached hydrogens (tertiary/aromatic N) is 1. The molecule has 0 unspecified atom stereocenters. The van der Waals surface area contributed by atoms with Gasteiger partial charge < -0.3 is 14.5 Å². The topological polar surface area (TPSA) is 47.1 Å². The molecule has 112 valence electrons. The third kappa shape index (κ3) is 3.42. The maximum Gasteiger partial charge on any atom is 0.161 e. The zero-order valence-corrected chi connectivity index (χ0v) is 13.8. The zero-order chi connectivity index (χ0) is 15.6. The SMILES string of the molecule is COc1ccc(-c2nc(=S)cc(C(C)(C)C)[nH]2)cc1OC. The van der Waals surface area contributed by atoms with Crippen molar-refractivity contribution in [2.75, 3.05) is 14.2 Å². The third-order valence-corrected chi connectivity index (χ3v) is 3.42. The van der Waals surface area contributed by atoms with Crippen molar-refractivity contribution in [1.29, 1.82) is 0 Å². The van der Waals surface area contributed by atoms with E-state index >= 15 is 0 Å². The molecule has 0 saturated heterocycles. The molecule has 4 nitrogen and oxygen atoms in total. The summed E-state index contributed by atoms with van der Waals surface area (Å²) in [5.41, 5.74) is 1.93. The van der Waals surface area contributed by atoms with Crippen molar-refractivity contribution in [2.24, 2.45) is 0 Å². The Morgan fingerprint density at radius 3 is 2.29 bits per heavy atom. The number of hydrogen-bond donors (Lipinski definition) is 1. The van der Waals surface area contributed by atoms with Crippen molar-refractivity contribution in [3.8, 4) is 22.9 Å². The summed E-state index contributed by atoms with van der Waals surface area (Å²) in [4.78, 5) is 7.77. The first-order valence-corrected chi connectivity index (χ1v) is 7.10. The number of methoxy groups -OCH3 is 2. The lowest BCUT2D eigenvalue weighted by Gasteiger charge is -2.19. The predicted octanol–water partition coefficient (Wildman–Crippen LogP) is 4.12. The van der Waals surface area contributed by atoms with Crippen molar-refractivity contribution in [1.82, 2.24) is 9.97 Å². The van der Waals surface area contributed by atoms with Crippen LogP contribution >= 0.6 is 12.2 Å². The molecule has 1 aromatic heterocycles. The normalized spacial score (nSPS) is 11.3. The molecule has 0 radical (unpaired) electrons. The van der Waals surface area contributed by atoms with E-state index in [0.29, 0.717) is 16.1 Å². The molecule has 0 fully saturated rings. The van der Waals surface area contributed by atoms with Crippen molar-refractivity contribution in [2.45, 2.75) is 26.2 Å². The molecule has 0 bridgehead atoms. The predicted molar refractivity (Wildman–Crippen MR) is 86.7 cm³/mol. The van der Waals surface area contributed by atoms with Crippen LogP contribution in [-0.4, -0.2) is 24.2 Å². The van der Waals surface area contributed by atoms with E-state index in [1.165, 1.54) is 0 Å². The molecule has 1 aromatic carbocycles. The summed E-state index contributed by atoms with van der Waals surface area (Å²) in [6, 6.07) is 7.58. The smallest absolute Gasteiger partial charge is 0.161 e. The van der Waals surface area contributed by atoms with Crippen LogP contribution in [0.4, 0.5) is 0 Å². The Morgan fingerprint density at radius 2 is 1.71 bits per heavy atom. The Morgan fingerprint density at radius 1 is 1.05 bits per heavy atom. The van der Waals surface area contributed by atoms with Gasteiger partial charge in [0.2, 0.25) is 0 Å². The minimum absolute atomic E-state index is 0.0260. The minimum atomic E-state index is -0.0260. The molecule has 0 aliphatic rings. The Bertz CT molecular complexity index is 702. The minimum Gasteiger partial charge on any atom is -0.493 e. The van der Waals surface area contributed by atoms with E-state index in [0.717, 1.165) is 17.1 Å². The second-order valence-electron chi connectivity index (χ2n) is 5.80. The van der Waals surface area contributed by atoms with Gasteiger partial charge in [-0.2, -0.15) is 0 Å². The Labute approximate surface area is 130 Å². The molecule has 1 heterocycles.